The number of sulfonamides is 1. The molecule has 1 aromatic carbocycles. The zero-order valence-corrected chi connectivity index (χ0v) is 11.4. The number of hydrogen-bond donors (Lipinski definition) is 1. The van der Waals surface area contributed by atoms with Gasteiger partial charge in [-0.3, -0.25) is 0 Å². The van der Waals surface area contributed by atoms with Crippen LogP contribution in [-0.2, 0) is 23.5 Å². The van der Waals surface area contributed by atoms with Crippen molar-refractivity contribution in [3.63, 3.8) is 0 Å². The van der Waals surface area contributed by atoms with Crippen LogP contribution in [0, 0.1) is 0 Å². The fraction of sp³-hybridized carbons (Fsp3) is 0.417. The Hall–Kier alpha value is -1.40. The Morgan fingerprint density at radius 3 is 2.89 bits per heavy atom. The minimum Gasteiger partial charge on any atom is -0.334 e. The molecule has 2 aromatic rings. The van der Waals surface area contributed by atoms with Crippen molar-refractivity contribution >= 4 is 21.1 Å². The lowest BCUT2D eigenvalue weighted by atomic mass is 10.1. The van der Waals surface area contributed by atoms with Gasteiger partial charge in [0.25, 0.3) is 0 Å². The maximum atomic E-state index is 11.3. The summed E-state index contributed by atoms with van der Waals surface area (Å²) < 4.78 is 27.1. The molecule has 0 aliphatic rings. The lowest BCUT2D eigenvalue weighted by Crippen LogP contribution is -2.27. The molecule has 1 heterocycles. The van der Waals surface area contributed by atoms with Gasteiger partial charge in [0.05, 0.1) is 23.1 Å². The van der Waals surface area contributed by atoms with Crippen LogP contribution in [0.25, 0.3) is 11.0 Å². The Kier molecular flexibility index (Phi) is 3.68. The lowest BCUT2D eigenvalue weighted by Gasteiger charge is -2.04. The highest BCUT2D eigenvalue weighted by Gasteiger charge is 2.06. The van der Waals surface area contributed by atoms with Crippen molar-refractivity contribution in [3.8, 4) is 0 Å². The third kappa shape index (κ3) is 2.88. The molecule has 1 aromatic heterocycles. The zero-order chi connectivity index (χ0) is 13.2. The number of aromatic nitrogens is 2. The van der Waals surface area contributed by atoms with Crippen LogP contribution in [0.15, 0.2) is 24.5 Å². The maximum absolute atomic E-state index is 11.3. The molecule has 0 amide bonds. The second-order valence-electron chi connectivity index (χ2n) is 4.23. The average Bonchev–Trinajstić information content (AvgIpc) is 2.71. The second-order valence-corrected chi connectivity index (χ2v) is 6.32. The molecule has 0 unspecified atom stereocenters. The van der Waals surface area contributed by atoms with Crippen molar-refractivity contribution in [2.75, 3.05) is 12.3 Å². The fourth-order valence-corrected chi connectivity index (χ4v) is 2.41. The van der Waals surface area contributed by atoms with Gasteiger partial charge in [-0.05, 0) is 31.0 Å². The van der Waals surface area contributed by atoms with E-state index in [9.17, 15) is 8.42 Å². The first-order valence-corrected chi connectivity index (χ1v) is 7.54. The van der Waals surface area contributed by atoms with Gasteiger partial charge < -0.3 is 4.57 Å². The van der Waals surface area contributed by atoms with E-state index in [1.165, 1.54) is 0 Å². The molecule has 0 spiro atoms. The SMILES string of the molecule is CCS(=O)(=O)NCCc1ccc2c(c1)ncn2C. The molecule has 18 heavy (non-hydrogen) atoms. The normalized spacial score (nSPS) is 12.1. The topological polar surface area (TPSA) is 64.0 Å². The van der Waals surface area contributed by atoms with Crippen molar-refractivity contribution in [2.24, 2.45) is 7.05 Å². The highest BCUT2D eigenvalue weighted by Crippen LogP contribution is 2.13. The summed E-state index contributed by atoms with van der Waals surface area (Å²) in [7, 11) is -1.15. The molecule has 0 radical (unpaired) electrons. The number of hydrogen-bond acceptors (Lipinski definition) is 3. The van der Waals surface area contributed by atoms with Crippen LogP contribution in [0.2, 0.25) is 0 Å². The minimum absolute atomic E-state index is 0.117. The molecule has 2 rings (SSSR count). The van der Waals surface area contributed by atoms with E-state index in [-0.39, 0.29) is 5.75 Å². The minimum atomic E-state index is -3.10. The number of imidazole rings is 1. The monoisotopic (exact) mass is 267 g/mol. The molecular formula is C12H17N3O2S. The van der Waals surface area contributed by atoms with E-state index in [0.717, 1.165) is 16.6 Å². The summed E-state index contributed by atoms with van der Waals surface area (Å²) in [4.78, 5) is 4.28. The summed E-state index contributed by atoms with van der Waals surface area (Å²) >= 11 is 0. The summed E-state index contributed by atoms with van der Waals surface area (Å²) in [5, 5.41) is 0. The average molecular weight is 267 g/mol. The summed E-state index contributed by atoms with van der Waals surface area (Å²) in [6.07, 6.45) is 2.44. The van der Waals surface area contributed by atoms with Crippen molar-refractivity contribution in [1.29, 1.82) is 0 Å². The van der Waals surface area contributed by atoms with Crippen molar-refractivity contribution in [2.45, 2.75) is 13.3 Å². The maximum Gasteiger partial charge on any atom is 0.211 e. The molecule has 98 valence electrons. The van der Waals surface area contributed by atoms with Gasteiger partial charge in [0, 0.05) is 13.6 Å². The van der Waals surface area contributed by atoms with E-state index in [0.29, 0.717) is 13.0 Å². The lowest BCUT2D eigenvalue weighted by molar-refractivity contribution is 0.583. The molecule has 1 N–H and O–H groups in total. The van der Waals surface area contributed by atoms with Crippen LogP contribution in [0.1, 0.15) is 12.5 Å². The van der Waals surface area contributed by atoms with Crippen LogP contribution < -0.4 is 4.72 Å². The first-order valence-electron chi connectivity index (χ1n) is 5.89. The van der Waals surface area contributed by atoms with E-state index in [2.05, 4.69) is 9.71 Å². The number of fused-ring (bicyclic) bond motifs is 1. The molecule has 0 saturated carbocycles. The standard InChI is InChI=1S/C12H17N3O2S/c1-3-18(16,17)14-7-6-10-4-5-12-11(8-10)13-9-15(12)2/h4-5,8-9,14H,3,6-7H2,1-2H3. The van der Waals surface area contributed by atoms with E-state index < -0.39 is 10.0 Å². The van der Waals surface area contributed by atoms with Gasteiger partial charge in [0.15, 0.2) is 0 Å². The predicted octanol–water partition coefficient (Wildman–Crippen LogP) is 1.06. The van der Waals surface area contributed by atoms with Gasteiger partial charge in [0.2, 0.25) is 10.0 Å². The number of benzene rings is 1. The Morgan fingerprint density at radius 1 is 1.39 bits per heavy atom. The van der Waals surface area contributed by atoms with Gasteiger partial charge in [-0.15, -0.1) is 0 Å². The largest absolute Gasteiger partial charge is 0.334 e. The van der Waals surface area contributed by atoms with Gasteiger partial charge >= 0.3 is 0 Å². The highest BCUT2D eigenvalue weighted by atomic mass is 32.2. The van der Waals surface area contributed by atoms with E-state index in [1.807, 2.05) is 29.8 Å². The number of aryl methyl sites for hydroxylation is 1. The van der Waals surface area contributed by atoms with Crippen LogP contribution in [0.3, 0.4) is 0 Å². The first-order chi connectivity index (χ1) is 8.52. The van der Waals surface area contributed by atoms with Crippen LogP contribution in [0.4, 0.5) is 0 Å². The quantitative estimate of drug-likeness (QED) is 0.881. The third-order valence-corrected chi connectivity index (χ3v) is 4.31. The molecule has 0 saturated heterocycles. The molecule has 6 heteroatoms. The van der Waals surface area contributed by atoms with Gasteiger partial charge in [-0.25, -0.2) is 18.1 Å². The van der Waals surface area contributed by atoms with E-state index >= 15 is 0 Å². The summed E-state index contributed by atoms with van der Waals surface area (Å²) in [6.45, 7) is 2.05. The molecular weight excluding hydrogens is 250 g/mol. The molecule has 5 nitrogen and oxygen atoms in total. The number of nitrogens with zero attached hydrogens (tertiary/aromatic N) is 2. The molecule has 0 fully saturated rings. The number of nitrogens with one attached hydrogen (secondary N) is 1. The molecule has 0 atom stereocenters. The van der Waals surface area contributed by atoms with Crippen LogP contribution >= 0.6 is 0 Å². The Labute approximate surface area is 107 Å². The highest BCUT2D eigenvalue weighted by molar-refractivity contribution is 7.89. The molecule has 0 bridgehead atoms. The Morgan fingerprint density at radius 2 is 2.17 bits per heavy atom. The molecule has 0 aliphatic carbocycles. The smallest absolute Gasteiger partial charge is 0.211 e. The number of rotatable bonds is 5. The third-order valence-electron chi connectivity index (χ3n) is 2.91. The van der Waals surface area contributed by atoms with Crippen molar-refractivity contribution in [1.82, 2.24) is 14.3 Å². The van der Waals surface area contributed by atoms with Crippen LogP contribution in [-0.4, -0.2) is 30.3 Å². The van der Waals surface area contributed by atoms with E-state index in [1.54, 1.807) is 13.3 Å². The van der Waals surface area contributed by atoms with Crippen LogP contribution in [0.5, 0.6) is 0 Å². The first kappa shape index (κ1) is 13.0. The Balaban J connectivity index is 2.04. The van der Waals surface area contributed by atoms with Crippen molar-refractivity contribution < 1.29 is 8.42 Å². The summed E-state index contributed by atoms with van der Waals surface area (Å²) in [5.41, 5.74) is 3.10. The molecule has 0 aliphatic heterocycles. The predicted molar refractivity (Wildman–Crippen MR) is 71.9 cm³/mol. The van der Waals surface area contributed by atoms with E-state index in [4.69, 9.17) is 0 Å². The summed E-state index contributed by atoms with van der Waals surface area (Å²) in [6, 6.07) is 6.01. The summed E-state index contributed by atoms with van der Waals surface area (Å²) in [5.74, 6) is 0.117. The van der Waals surface area contributed by atoms with Crippen molar-refractivity contribution in [3.05, 3.63) is 30.1 Å². The van der Waals surface area contributed by atoms with Gasteiger partial charge in [-0.2, -0.15) is 0 Å². The van der Waals surface area contributed by atoms with Gasteiger partial charge in [0.1, 0.15) is 0 Å². The Bertz CT molecular complexity index is 646. The van der Waals surface area contributed by atoms with Gasteiger partial charge in [-0.1, -0.05) is 6.07 Å². The zero-order valence-electron chi connectivity index (χ0n) is 10.5. The second kappa shape index (κ2) is 5.07. The fourth-order valence-electron chi connectivity index (χ4n) is 1.79.